The molecule has 1 atom stereocenters. The van der Waals surface area contributed by atoms with E-state index < -0.39 is 0 Å². The molecule has 1 aromatic carbocycles. The van der Waals surface area contributed by atoms with Gasteiger partial charge in [0.25, 0.3) is 0 Å². The first-order valence-electron chi connectivity index (χ1n) is 10.1. The molecule has 0 amide bonds. The Labute approximate surface area is 202 Å². The number of guanidine groups is 1. The van der Waals surface area contributed by atoms with E-state index in [9.17, 15) is 0 Å². The summed E-state index contributed by atoms with van der Waals surface area (Å²) in [5.41, 5.74) is 2.26. The molecule has 1 saturated heterocycles. The van der Waals surface area contributed by atoms with Crippen LogP contribution in [0, 0.1) is 0 Å². The summed E-state index contributed by atoms with van der Waals surface area (Å²) >= 11 is 0. The molecule has 0 spiro atoms. The van der Waals surface area contributed by atoms with Crippen LogP contribution in [0.4, 0.5) is 11.5 Å². The largest absolute Gasteiger partial charge is 0.497 e. The molecular weight excluding hydrogens is 507 g/mol. The van der Waals surface area contributed by atoms with E-state index in [4.69, 9.17) is 9.47 Å². The maximum atomic E-state index is 5.40. The standard InChI is InChI=1S/C22H32N6O2.HI/c1-23-22(25-14-16-6-8-24-21(10-16)27(2)3)26-17-7-9-28(15-17)18-11-19(29-4)13-20(12-18)30-5;/h6,8,10-13,17H,7,9,14-15H2,1-5H3,(H2,23,25,26);1H. The molecule has 1 aromatic heterocycles. The van der Waals surface area contributed by atoms with Gasteiger partial charge >= 0.3 is 0 Å². The maximum absolute atomic E-state index is 5.40. The Morgan fingerprint density at radius 3 is 2.52 bits per heavy atom. The monoisotopic (exact) mass is 540 g/mol. The molecule has 9 heteroatoms. The predicted octanol–water partition coefficient (Wildman–Crippen LogP) is 2.73. The van der Waals surface area contributed by atoms with Crippen LogP contribution in [0.5, 0.6) is 11.5 Å². The fraction of sp³-hybridized carbons (Fsp3) is 0.455. The van der Waals surface area contributed by atoms with Gasteiger partial charge in [-0.2, -0.15) is 0 Å². The highest BCUT2D eigenvalue weighted by Gasteiger charge is 2.24. The molecule has 2 heterocycles. The van der Waals surface area contributed by atoms with Crippen LogP contribution in [0.15, 0.2) is 41.5 Å². The number of hydrogen-bond donors (Lipinski definition) is 2. The fourth-order valence-corrected chi connectivity index (χ4v) is 3.48. The molecule has 2 N–H and O–H groups in total. The average Bonchev–Trinajstić information content (AvgIpc) is 3.25. The van der Waals surface area contributed by atoms with Crippen molar-refractivity contribution in [2.24, 2.45) is 4.99 Å². The van der Waals surface area contributed by atoms with Crippen LogP contribution >= 0.6 is 24.0 Å². The second-order valence-electron chi connectivity index (χ2n) is 7.49. The third-order valence-electron chi connectivity index (χ3n) is 5.18. The smallest absolute Gasteiger partial charge is 0.191 e. The van der Waals surface area contributed by atoms with Crippen molar-refractivity contribution < 1.29 is 9.47 Å². The molecule has 3 rings (SSSR count). The van der Waals surface area contributed by atoms with Crippen molar-refractivity contribution in [1.29, 1.82) is 0 Å². The van der Waals surface area contributed by atoms with Gasteiger partial charge in [0.15, 0.2) is 5.96 Å². The zero-order chi connectivity index (χ0) is 21.5. The van der Waals surface area contributed by atoms with Gasteiger partial charge in [-0.05, 0) is 24.1 Å². The summed E-state index contributed by atoms with van der Waals surface area (Å²) in [5, 5.41) is 6.94. The van der Waals surface area contributed by atoms with E-state index in [2.05, 4.69) is 31.6 Å². The van der Waals surface area contributed by atoms with Crippen LogP contribution in [0.3, 0.4) is 0 Å². The second-order valence-corrected chi connectivity index (χ2v) is 7.49. The van der Waals surface area contributed by atoms with Crippen LogP contribution in [0.2, 0.25) is 0 Å². The van der Waals surface area contributed by atoms with Gasteiger partial charge in [-0.25, -0.2) is 4.98 Å². The van der Waals surface area contributed by atoms with E-state index in [0.29, 0.717) is 12.6 Å². The number of aromatic nitrogens is 1. The molecule has 170 valence electrons. The molecule has 31 heavy (non-hydrogen) atoms. The number of methoxy groups -OCH3 is 2. The number of nitrogens with zero attached hydrogens (tertiary/aromatic N) is 4. The Bertz CT molecular complexity index is 855. The molecule has 2 aromatic rings. The summed E-state index contributed by atoms with van der Waals surface area (Å²) in [5.74, 6) is 3.34. The third kappa shape index (κ3) is 6.78. The number of halogens is 1. The summed E-state index contributed by atoms with van der Waals surface area (Å²) in [6.45, 7) is 2.53. The third-order valence-corrected chi connectivity index (χ3v) is 5.18. The van der Waals surface area contributed by atoms with Gasteiger partial charge in [-0.3, -0.25) is 4.99 Å². The lowest BCUT2D eigenvalue weighted by molar-refractivity contribution is 0.394. The van der Waals surface area contributed by atoms with Crippen LogP contribution < -0.4 is 29.9 Å². The number of nitrogens with one attached hydrogen (secondary N) is 2. The van der Waals surface area contributed by atoms with Gasteiger partial charge in [0.05, 0.1) is 14.2 Å². The lowest BCUT2D eigenvalue weighted by Crippen LogP contribution is -2.44. The summed E-state index contributed by atoms with van der Waals surface area (Å²) in [6, 6.07) is 10.4. The van der Waals surface area contributed by atoms with Gasteiger partial charge in [0, 0.05) is 76.9 Å². The van der Waals surface area contributed by atoms with Crippen LogP contribution in [-0.4, -0.2) is 65.4 Å². The van der Waals surface area contributed by atoms with Gasteiger partial charge in [-0.1, -0.05) is 0 Å². The highest BCUT2D eigenvalue weighted by atomic mass is 127. The number of rotatable bonds is 7. The minimum absolute atomic E-state index is 0. The molecule has 8 nitrogen and oxygen atoms in total. The number of pyridine rings is 1. The summed E-state index contributed by atoms with van der Waals surface area (Å²) in [6.07, 6.45) is 2.86. The Morgan fingerprint density at radius 1 is 1.19 bits per heavy atom. The van der Waals surface area contributed by atoms with Crippen molar-refractivity contribution >= 4 is 41.4 Å². The quantitative estimate of drug-likeness (QED) is 0.318. The van der Waals surface area contributed by atoms with Gasteiger partial charge in [-0.15, -0.1) is 24.0 Å². The van der Waals surface area contributed by atoms with E-state index >= 15 is 0 Å². The minimum atomic E-state index is 0. The normalized spacial score (nSPS) is 15.8. The lowest BCUT2D eigenvalue weighted by Gasteiger charge is -2.21. The van der Waals surface area contributed by atoms with Gasteiger partial charge < -0.3 is 29.9 Å². The fourth-order valence-electron chi connectivity index (χ4n) is 3.48. The summed E-state index contributed by atoms with van der Waals surface area (Å²) in [7, 11) is 9.13. The molecule has 0 saturated carbocycles. The van der Waals surface area contributed by atoms with E-state index in [-0.39, 0.29) is 24.0 Å². The van der Waals surface area contributed by atoms with Crippen molar-refractivity contribution in [1.82, 2.24) is 15.6 Å². The first-order valence-corrected chi connectivity index (χ1v) is 10.1. The summed E-state index contributed by atoms with van der Waals surface area (Å²) < 4.78 is 10.8. The van der Waals surface area contributed by atoms with Crippen molar-refractivity contribution in [3.63, 3.8) is 0 Å². The Kier molecular flexibility index (Phi) is 9.47. The Balaban J connectivity index is 0.00000341. The number of anilines is 2. The van der Waals surface area contributed by atoms with Gasteiger partial charge in [0.2, 0.25) is 0 Å². The predicted molar refractivity (Wildman–Crippen MR) is 137 cm³/mol. The number of ether oxygens (including phenoxy) is 2. The Morgan fingerprint density at radius 2 is 1.90 bits per heavy atom. The van der Waals surface area contributed by atoms with Crippen LogP contribution in [0.25, 0.3) is 0 Å². The first-order chi connectivity index (χ1) is 14.5. The van der Waals surface area contributed by atoms with Crippen molar-refractivity contribution in [3.8, 4) is 11.5 Å². The zero-order valence-electron chi connectivity index (χ0n) is 18.9. The van der Waals surface area contributed by atoms with Crippen LogP contribution in [0.1, 0.15) is 12.0 Å². The first kappa shape index (κ1) is 24.8. The summed E-state index contributed by atoms with van der Waals surface area (Å²) in [4.78, 5) is 13.1. The van der Waals surface area contributed by atoms with E-state index in [1.165, 1.54) is 0 Å². The highest BCUT2D eigenvalue weighted by Crippen LogP contribution is 2.30. The minimum Gasteiger partial charge on any atom is -0.497 e. The maximum Gasteiger partial charge on any atom is 0.191 e. The zero-order valence-corrected chi connectivity index (χ0v) is 21.2. The molecule has 1 unspecified atom stereocenters. The second kappa shape index (κ2) is 11.8. The number of benzene rings is 1. The molecule has 1 aliphatic heterocycles. The van der Waals surface area contributed by atoms with E-state index in [1.54, 1.807) is 21.3 Å². The molecule has 0 bridgehead atoms. The SMILES string of the molecule is CN=C(NCc1ccnc(N(C)C)c1)NC1CCN(c2cc(OC)cc(OC)c2)C1.I. The van der Waals surface area contributed by atoms with Crippen LogP contribution in [-0.2, 0) is 6.54 Å². The van der Waals surface area contributed by atoms with Gasteiger partial charge in [0.1, 0.15) is 17.3 Å². The molecule has 0 radical (unpaired) electrons. The number of aliphatic imine (C=N–C) groups is 1. The molecule has 1 fully saturated rings. The number of hydrogen-bond acceptors (Lipinski definition) is 6. The molecule has 1 aliphatic rings. The lowest BCUT2D eigenvalue weighted by atomic mass is 10.2. The molecular formula is C22H33IN6O2. The highest BCUT2D eigenvalue weighted by molar-refractivity contribution is 14.0. The van der Waals surface area contributed by atoms with E-state index in [0.717, 1.165) is 54.0 Å². The van der Waals surface area contributed by atoms with Crippen molar-refractivity contribution in [2.75, 3.05) is 58.3 Å². The average molecular weight is 540 g/mol. The molecule has 0 aliphatic carbocycles. The topological polar surface area (TPSA) is 74.3 Å². The Hall–Kier alpha value is -2.43. The van der Waals surface area contributed by atoms with Crippen molar-refractivity contribution in [2.45, 2.75) is 19.0 Å². The van der Waals surface area contributed by atoms with Crippen molar-refractivity contribution in [3.05, 3.63) is 42.1 Å². The van der Waals surface area contributed by atoms with E-state index in [1.807, 2.05) is 49.5 Å².